The molecule has 0 fully saturated rings. The summed E-state index contributed by atoms with van der Waals surface area (Å²) in [5.74, 6) is -0.00530. The standard InChI is InChI=1S/C14H20N2O2/c1-14(2,3)18-9-13(17)16-7-6-10-4-5-11(15)8-12(10)16/h4-5,8H,6-7,9,15H2,1-3H3. The Kier molecular flexibility index (Phi) is 3.30. The van der Waals surface area contributed by atoms with Crippen LogP contribution in [-0.2, 0) is 16.0 Å². The lowest BCUT2D eigenvalue weighted by Gasteiger charge is -2.22. The fraction of sp³-hybridized carbons (Fsp3) is 0.500. The molecule has 0 radical (unpaired) electrons. The number of nitrogens with two attached hydrogens (primary N) is 1. The molecule has 0 bridgehead atoms. The van der Waals surface area contributed by atoms with Crippen LogP contribution in [0.25, 0.3) is 0 Å². The molecule has 0 atom stereocenters. The Labute approximate surface area is 108 Å². The molecule has 4 nitrogen and oxygen atoms in total. The first-order chi connectivity index (χ1) is 8.37. The lowest BCUT2D eigenvalue weighted by molar-refractivity contribution is -0.127. The van der Waals surface area contributed by atoms with Gasteiger partial charge in [0.25, 0.3) is 5.91 Å². The third-order valence-corrected chi connectivity index (χ3v) is 2.93. The molecule has 1 aromatic rings. The number of benzene rings is 1. The van der Waals surface area contributed by atoms with Crippen molar-refractivity contribution in [3.05, 3.63) is 23.8 Å². The van der Waals surface area contributed by atoms with Gasteiger partial charge in [0.15, 0.2) is 0 Å². The summed E-state index contributed by atoms with van der Waals surface area (Å²) in [6.45, 7) is 6.64. The molecule has 1 heterocycles. The van der Waals surface area contributed by atoms with Gasteiger partial charge in [0.1, 0.15) is 6.61 Å². The van der Waals surface area contributed by atoms with Crippen molar-refractivity contribution in [3.63, 3.8) is 0 Å². The second kappa shape index (κ2) is 4.61. The first-order valence-corrected chi connectivity index (χ1v) is 6.19. The lowest BCUT2D eigenvalue weighted by atomic mass is 10.1. The van der Waals surface area contributed by atoms with E-state index in [2.05, 4.69) is 0 Å². The van der Waals surface area contributed by atoms with Gasteiger partial charge in [0, 0.05) is 17.9 Å². The van der Waals surface area contributed by atoms with E-state index in [1.54, 1.807) is 4.90 Å². The van der Waals surface area contributed by atoms with Gasteiger partial charge in [-0.05, 0) is 44.9 Å². The first-order valence-electron chi connectivity index (χ1n) is 6.19. The molecule has 4 heteroatoms. The van der Waals surface area contributed by atoms with Crippen LogP contribution in [0.15, 0.2) is 18.2 Å². The maximum absolute atomic E-state index is 12.1. The van der Waals surface area contributed by atoms with Crippen molar-refractivity contribution < 1.29 is 9.53 Å². The minimum atomic E-state index is -0.298. The normalized spacial score (nSPS) is 14.7. The van der Waals surface area contributed by atoms with Crippen LogP contribution in [-0.4, -0.2) is 24.7 Å². The molecule has 0 saturated heterocycles. The van der Waals surface area contributed by atoms with E-state index in [1.165, 1.54) is 5.56 Å². The van der Waals surface area contributed by atoms with Crippen LogP contribution in [0.4, 0.5) is 11.4 Å². The summed E-state index contributed by atoms with van der Waals surface area (Å²) < 4.78 is 5.53. The van der Waals surface area contributed by atoms with Crippen LogP contribution in [0, 0.1) is 0 Å². The summed E-state index contributed by atoms with van der Waals surface area (Å²) in [6.07, 6.45) is 0.886. The summed E-state index contributed by atoms with van der Waals surface area (Å²) in [5, 5.41) is 0. The molecule has 0 spiro atoms. The van der Waals surface area contributed by atoms with Gasteiger partial charge in [-0.15, -0.1) is 0 Å². The van der Waals surface area contributed by atoms with E-state index in [0.717, 1.165) is 12.1 Å². The van der Waals surface area contributed by atoms with Gasteiger partial charge in [-0.3, -0.25) is 4.79 Å². The van der Waals surface area contributed by atoms with E-state index in [9.17, 15) is 4.79 Å². The van der Waals surface area contributed by atoms with Crippen LogP contribution in [0.2, 0.25) is 0 Å². The third kappa shape index (κ3) is 2.82. The van der Waals surface area contributed by atoms with Crippen molar-refractivity contribution in [1.82, 2.24) is 0 Å². The number of fused-ring (bicyclic) bond motifs is 1. The van der Waals surface area contributed by atoms with Crippen molar-refractivity contribution in [2.24, 2.45) is 0 Å². The van der Waals surface area contributed by atoms with Crippen molar-refractivity contribution in [3.8, 4) is 0 Å². The predicted octanol–water partition coefficient (Wildman–Crippen LogP) is 1.97. The van der Waals surface area contributed by atoms with Gasteiger partial charge < -0.3 is 15.4 Å². The Bertz CT molecular complexity index is 463. The Morgan fingerprint density at radius 2 is 2.17 bits per heavy atom. The van der Waals surface area contributed by atoms with Crippen LogP contribution in [0.3, 0.4) is 0 Å². The zero-order valence-corrected chi connectivity index (χ0v) is 11.2. The minimum Gasteiger partial charge on any atom is -0.399 e. The predicted molar refractivity (Wildman–Crippen MR) is 72.6 cm³/mol. The van der Waals surface area contributed by atoms with E-state index in [-0.39, 0.29) is 18.1 Å². The van der Waals surface area contributed by atoms with Crippen molar-refractivity contribution in [1.29, 1.82) is 0 Å². The summed E-state index contributed by atoms with van der Waals surface area (Å²) >= 11 is 0. The average molecular weight is 248 g/mol. The maximum Gasteiger partial charge on any atom is 0.253 e. The summed E-state index contributed by atoms with van der Waals surface area (Å²) in [7, 11) is 0. The molecule has 1 aliphatic heterocycles. The molecule has 98 valence electrons. The Morgan fingerprint density at radius 1 is 1.44 bits per heavy atom. The Morgan fingerprint density at radius 3 is 2.83 bits per heavy atom. The number of nitrogens with zero attached hydrogens (tertiary/aromatic N) is 1. The molecule has 1 amide bonds. The first kappa shape index (κ1) is 12.9. The Balaban J connectivity index is 2.09. The number of hydrogen-bond donors (Lipinski definition) is 1. The molecular weight excluding hydrogens is 228 g/mol. The SMILES string of the molecule is CC(C)(C)OCC(=O)N1CCc2ccc(N)cc21. The maximum atomic E-state index is 12.1. The molecule has 18 heavy (non-hydrogen) atoms. The molecule has 0 saturated carbocycles. The second-order valence-corrected chi connectivity index (χ2v) is 5.58. The largest absolute Gasteiger partial charge is 0.399 e. The van der Waals surface area contributed by atoms with Crippen molar-refractivity contribution in [2.75, 3.05) is 23.8 Å². The van der Waals surface area contributed by atoms with Gasteiger partial charge >= 0.3 is 0 Å². The summed E-state index contributed by atoms with van der Waals surface area (Å²) in [6, 6.07) is 5.72. The molecule has 0 unspecified atom stereocenters. The molecule has 2 N–H and O–H groups in total. The number of amides is 1. The molecule has 1 aliphatic rings. The van der Waals surface area contributed by atoms with E-state index >= 15 is 0 Å². The van der Waals surface area contributed by atoms with Gasteiger partial charge in [-0.2, -0.15) is 0 Å². The highest BCUT2D eigenvalue weighted by Gasteiger charge is 2.25. The van der Waals surface area contributed by atoms with E-state index in [0.29, 0.717) is 12.2 Å². The topological polar surface area (TPSA) is 55.6 Å². The van der Waals surface area contributed by atoms with Gasteiger partial charge in [0.2, 0.25) is 0 Å². The summed E-state index contributed by atoms with van der Waals surface area (Å²) in [4.78, 5) is 13.9. The number of carbonyl (C=O) groups is 1. The fourth-order valence-corrected chi connectivity index (χ4v) is 2.01. The van der Waals surface area contributed by atoms with E-state index < -0.39 is 0 Å². The third-order valence-electron chi connectivity index (χ3n) is 2.93. The van der Waals surface area contributed by atoms with Crippen LogP contribution >= 0.6 is 0 Å². The number of rotatable bonds is 2. The highest BCUT2D eigenvalue weighted by Crippen LogP contribution is 2.30. The van der Waals surface area contributed by atoms with Crippen LogP contribution in [0.1, 0.15) is 26.3 Å². The highest BCUT2D eigenvalue weighted by molar-refractivity contribution is 5.96. The summed E-state index contributed by atoms with van der Waals surface area (Å²) in [5.41, 5.74) is 8.26. The number of nitrogen functional groups attached to an aromatic ring is 1. The van der Waals surface area contributed by atoms with E-state index in [4.69, 9.17) is 10.5 Å². The zero-order chi connectivity index (χ0) is 13.3. The molecule has 2 rings (SSSR count). The smallest absolute Gasteiger partial charge is 0.253 e. The molecule has 1 aromatic carbocycles. The molecular formula is C14H20N2O2. The van der Waals surface area contributed by atoms with Gasteiger partial charge in [0.05, 0.1) is 5.60 Å². The number of ether oxygens (including phenoxy) is 1. The number of hydrogen-bond acceptors (Lipinski definition) is 3. The minimum absolute atomic E-state index is 0.00530. The van der Waals surface area contributed by atoms with Gasteiger partial charge in [-0.25, -0.2) is 0 Å². The zero-order valence-electron chi connectivity index (χ0n) is 11.2. The highest BCUT2D eigenvalue weighted by atomic mass is 16.5. The van der Waals surface area contributed by atoms with Crippen molar-refractivity contribution >= 4 is 17.3 Å². The number of anilines is 2. The molecule has 0 aromatic heterocycles. The molecule has 0 aliphatic carbocycles. The number of carbonyl (C=O) groups excluding carboxylic acids is 1. The second-order valence-electron chi connectivity index (χ2n) is 5.58. The monoisotopic (exact) mass is 248 g/mol. The van der Waals surface area contributed by atoms with Gasteiger partial charge in [-0.1, -0.05) is 6.07 Å². The quantitative estimate of drug-likeness (QED) is 0.814. The fourth-order valence-electron chi connectivity index (χ4n) is 2.01. The Hall–Kier alpha value is -1.55. The van der Waals surface area contributed by atoms with E-state index in [1.807, 2.05) is 39.0 Å². The van der Waals surface area contributed by atoms with Crippen molar-refractivity contribution in [2.45, 2.75) is 32.8 Å². The van der Waals surface area contributed by atoms with Crippen LogP contribution < -0.4 is 10.6 Å². The average Bonchev–Trinajstić information content (AvgIpc) is 2.67. The lowest BCUT2D eigenvalue weighted by Crippen LogP contribution is -2.35. The van der Waals surface area contributed by atoms with Crippen LogP contribution in [0.5, 0.6) is 0 Å².